The van der Waals surface area contributed by atoms with Gasteiger partial charge in [-0.25, -0.2) is 8.42 Å². The van der Waals surface area contributed by atoms with E-state index in [1.54, 1.807) is 0 Å². The highest BCUT2D eigenvalue weighted by Gasteiger charge is 2.44. The number of carbonyl (C=O) groups excluding carboxylic acids is 1. The Labute approximate surface area is 143 Å². The maximum atomic E-state index is 12.8. The van der Waals surface area contributed by atoms with Crippen LogP contribution in [0.2, 0.25) is 0 Å². The summed E-state index contributed by atoms with van der Waals surface area (Å²) in [5.41, 5.74) is -0.779. The molecule has 1 amide bonds. The molecule has 0 bridgehead atoms. The Bertz CT molecular complexity index is 562. The Morgan fingerprint density at radius 3 is 2.50 bits per heavy atom. The van der Waals surface area contributed by atoms with Gasteiger partial charge in [0.1, 0.15) is 5.60 Å². The number of sulfonamides is 1. The molecule has 3 rings (SSSR count). The molecule has 3 fully saturated rings. The topological polar surface area (TPSA) is 85.4 Å². The van der Waals surface area contributed by atoms with Crippen LogP contribution in [0.1, 0.15) is 12.8 Å². The van der Waals surface area contributed by atoms with Crippen molar-refractivity contribution in [2.45, 2.75) is 18.4 Å². The molecule has 3 aliphatic rings. The molecule has 0 radical (unpaired) electrons. The molecule has 0 unspecified atom stereocenters. The average molecular weight is 362 g/mol. The first kappa shape index (κ1) is 18.1. The van der Waals surface area contributed by atoms with E-state index in [1.807, 2.05) is 4.90 Å². The van der Waals surface area contributed by atoms with Crippen LogP contribution >= 0.6 is 0 Å². The number of nitrogens with zero attached hydrogens (tertiary/aromatic N) is 2. The molecule has 1 atom stereocenters. The molecular weight excluding hydrogens is 336 g/mol. The van der Waals surface area contributed by atoms with E-state index in [0.29, 0.717) is 52.7 Å². The van der Waals surface area contributed by atoms with Crippen LogP contribution in [0.5, 0.6) is 0 Å². The third kappa shape index (κ3) is 4.08. The van der Waals surface area contributed by atoms with Gasteiger partial charge in [0.05, 0.1) is 32.6 Å². The zero-order chi connectivity index (χ0) is 17.2. The fourth-order valence-electron chi connectivity index (χ4n) is 3.57. The van der Waals surface area contributed by atoms with Crippen LogP contribution in [0.15, 0.2) is 0 Å². The van der Waals surface area contributed by atoms with E-state index in [0.717, 1.165) is 12.8 Å². The first-order chi connectivity index (χ1) is 11.4. The minimum absolute atomic E-state index is 0.00777. The summed E-state index contributed by atoms with van der Waals surface area (Å²) in [6.07, 6.45) is 2.68. The fraction of sp³-hybridized carbons (Fsp3) is 0.933. The van der Waals surface area contributed by atoms with Crippen molar-refractivity contribution in [3.05, 3.63) is 0 Å². The molecule has 0 aromatic heterocycles. The highest BCUT2D eigenvalue weighted by molar-refractivity contribution is 7.88. The molecule has 0 aliphatic carbocycles. The average Bonchev–Trinajstić information content (AvgIpc) is 2.77. The van der Waals surface area contributed by atoms with E-state index >= 15 is 0 Å². The van der Waals surface area contributed by atoms with Gasteiger partial charge in [-0.2, -0.15) is 4.31 Å². The van der Waals surface area contributed by atoms with Gasteiger partial charge >= 0.3 is 0 Å². The second-order valence-corrected chi connectivity index (χ2v) is 8.81. The second kappa shape index (κ2) is 7.25. The summed E-state index contributed by atoms with van der Waals surface area (Å²) >= 11 is 0. The standard InChI is InChI=1S/C15H26N2O6S/c1-24(19,20)17-5-8-22-12-15(11-17)10-16(4-9-23-15)14(18)13-2-6-21-7-3-13/h13H,2-12H2,1H3/t15-/m0/s1. The lowest BCUT2D eigenvalue weighted by atomic mass is 9.96. The second-order valence-electron chi connectivity index (χ2n) is 6.83. The van der Waals surface area contributed by atoms with E-state index < -0.39 is 15.6 Å². The van der Waals surface area contributed by atoms with Gasteiger partial charge in [-0.15, -0.1) is 0 Å². The zero-order valence-electron chi connectivity index (χ0n) is 14.1. The van der Waals surface area contributed by atoms with Crippen LogP contribution in [0.25, 0.3) is 0 Å². The highest BCUT2D eigenvalue weighted by Crippen LogP contribution is 2.26. The van der Waals surface area contributed by atoms with Crippen molar-refractivity contribution < 1.29 is 27.4 Å². The van der Waals surface area contributed by atoms with Gasteiger partial charge in [0.15, 0.2) is 0 Å². The van der Waals surface area contributed by atoms with E-state index in [9.17, 15) is 13.2 Å². The van der Waals surface area contributed by atoms with Crippen molar-refractivity contribution in [1.82, 2.24) is 9.21 Å². The lowest BCUT2D eigenvalue weighted by Crippen LogP contribution is -2.61. The van der Waals surface area contributed by atoms with Crippen LogP contribution in [0.3, 0.4) is 0 Å². The normalized spacial score (nSPS) is 31.1. The van der Waals surface area contributed by atoms with Gasteiger partial charge < -0.3 is 19.1 Å². The van der Waals surface area contributed by atoms with E-state index in [1.165, 1.54) is 10.6 Å². The predicted molar refractivity (Wildman–Crippen MR) is 86.0 cm³/mol. The van der Waals surface area contributed by atoms with Crippen molar-refractivity contribution in [3.63, 3.8) is 0 Å². The minimum Gasteiger partial charge on any atom is -0.381 e. The van der Waals surface area contributed by atoms with Gasteiger partial charge in [-0.05, 0) is 12.8 Å². The number of hydrogen-bond donors (Lipinski definition) is 0. The van der Waals surface area contributed by atoms with Crippen LogP contribution in [0, 0.1) is 5.92 Å². The summed E-state index contributed by atoms with van der Waals surface area (Å²) in [5, 5.41) is 0. The summed E-state index contributed by atoms with van der Waals surface area (Å²) in [6, 6.07) is 0. The molecule has 0 aromatic rings. The minimum atomic E-state index is -3.33. The van der Waals surface area contributed by atoms with E-state index in [4.69, 9.17) is 14.2 Å². The summed E-state index contributed by atoms with van der Waals surface area (Å²) in [4.78, 5) is 14.6. The Hall–Kier alpha value is -0.740. The van der Waals surface area contributed by atoms with E-state index in [2.05, 4.69) is 0 Å². The molecule has 3 saturated heterocycles. The first-order valence-corrected chi connectivity index (χ1v) is 10.3. The maximum absolute atomic E-state index is 12.8. The number of morpholine rings is 1. The molecule has 3 aliphatic heterocycles. The Balaban J connectivity index is 1.71. The van der Waals surface area contributed by atoms with Crippen molar-refractivity contribution in [1.29, 1.82) is 0 Å². The molecular formula is C15H26N2O6S. The lowest BCUT2D eigenvalue weighted by molar-refractivity contribution is -0.165. The van der Waals surface area contributed by atoms with Crippen LogP contribution in [0.4, 0.5) is 0 Å². The third-order valence-electron chi connectivity index (χ3n) is 4.91. The highest BCUT2D eigenvalue weighted by atomic mass is 32.2. The van der Waals surface area contributed by atoms with Crippen LogP contribution in [-0.4, -0.2) is 94.6 Å². The quantitative estimate of drug-likeness (QED) is 0.646. The van der Waals surface area contributed by atoms with Crippen LogP contribution < -0.4 is 0 Å². The molecule has 24 heavy (non-hydrogen) atoms. The summed E-state index contributed by atoms with van der Waals surface area (Å²) < 4.78 is 42.1. The molecule has 1 spiro atoms. The lowest BCUT2D eigenvalue weighted by Gasteiger charge is -2.44. The fourth-order valence-corrected chi connectivity index (χ4v) is 4.45. The Morgan fingerprint density at radius 1 is 1.04 bits per heavy atom. The largest absolute Gasteiger partial charge is 0.381 e. The number of ether oxygens (including phenoxy) is 3. The number of rotatable bonds is 2. The van der Waals surface area contributed by atoms with Crippen molar-refractivity contribution in [3.8, 4) is 0 Å². The third-order valence-corrected chi connectivity index (χ3v) is 6.16. The van der Waals surface area contributed by atoms with Crippen molar-refractivity contribution >= 4 is 15.9 Å². The Morgan fingerprint density at radius 2 is 1.79 bits per heavy atom. The number of carbonyl (C=O) groups is 1. The molecule has 8 nitrogen and oxygen atoms in total. The van der Waals surface area contributed by atoms with Gasteiger partial charge in [-0.3, -0.25) is 4.79 Å². The monoisotopic (exact) mass is 362 g/mol. The summed E-state index contributed by atoms with van der Waals surface area (Å²) in [6.45, 7) is 3.74. The molecule has 0 N–H and O–H groups in total. The van der Waals surface area contributed by atoms with Crippen LogP contribution in [-0.2, 0) is 29.0 Å². The molecule has 138 valence electrons. The van der Waals surface area contributed by atoms with Crippen molar-refractivity contribution in [2.24, 2.45) is 5.92 Å². The molecule has 0 saturated carbocycles. The van der Waals surface area contributed by atoms with Gasteiger partial charge in [0, 0.05) is 38.8 Å². The maximum Gasteiger partial charge on any atom is 0.226 e. The summed E-state index contributed by atoms with van der Waals surface area (Å²) in [5.74, 6) is 0.114. The molecule has 3 heterocycles. The predicted octanol–water partition coefficient (Wildman–Crippen LogP) is -0.698. The molecule has 9 heteroatoms. The van der Waals surface area contributed by atoms with Crippen molar-refractivity contribution in [2.75, 3.05) is 65.5 Å². The van der Waals surface area contributed by atoms with Gasteiger partial charge in [0.2, 0.25) is 15.9 Å². The summed E-state index contributed by atoms with van der Waals surface area (Å²) in [7, 11) is -3.33. The van der Waals surface area contributed by atoms with Gasteiger partial charge in [0.25, 0.3) is 0 Å². The number of hydrogen-bond acceptors (Lipinski definition) is 6. The molecule has 0 aromatic carbocycles. The zero-order valence-corrected chi connectivity index (χ0v) is 14.9. The number of amides is 1. The first-order valence-electron chi connectivity index (χ1n) is 8.43. The van der Waals surface area contributed by atoms with E-state index in [-0.39, 0.29) is 18.4 Å². The SMILES string of the molecule is CS(=O)(=O)N1CCOC[C@]2(CN(C(=O)C3CCOCC3)CCO2)C1. The van der Waals surface area contributed by atoms with Gasteiger partial charge in [-0.1, -0.05) is 0 Å². The smallest absolute Gasteiger partial charge is 0.226 e. The Kier molecular flexibility index (Phi) is 5.45.